The fourth-order valence-electron chi connectivity index (χ4n) is 1.55. The van der Waals surface area contributed by atoms with E-state index in [1.807, 2.05) is 13.0 Å². The zero-order valence-electron chi connectivity index (χ0n) is 10.0. The van der Waals surface area contributed by atoms with Gasteiger partial charge in [0.2, 0.25) is 0 Å². The third-order valence-corrected chi connectivity index (χ3v) is 2.96. The molecule has 2 aromatic rings. The number of benzene rings is 1. The highest BCUT2D eigenvalue weighted by molar-refractivity contribution is 9.10. The zero-order chi connectivity index (χ0) is 13.0. The van der Waals surface area contributed by atoms with Crippen LogP contribution in [0.4, 0.5) is 4.39 Å². The molecule has 0 bridgehead atoms. The second-order valence-electron chi connectivity index (χ2n) is 3.87. The van der Waals surface area contributed by atoms with Gasteiger partial charge in [-0.2, -0.15) is 5.10 Å². The Labute approximate surface area is 113 Å². The van der Waals surface area contributed by atoms with Gasteiger partial charge in [-0.15, -0.1) is 0 Å². The van der Waals surface area contributed by atoms with Gasteiger partial charge in [-0.3, -0.25) is 0 Å². The van der Waals surface area contributed by atoms with E-state index in [1.165, 1.54) is 6.07 Å². The molecule has 0 aliphatic heterocycles. The van der Waals surface area contributed by atoms with E-state index in [4.69, 9.17) is 0 Å². The number of hydrogen-bond donors (Lipinski definition) is 1. The fourth-order valence-corrected chi connectivity index (χ4v) is 1.88. The van der Waals surface area contributed by atoms with E-state index >= 15 is 0 Å². The predicted molar refractivity (Wildman–Crippen MR) is 70.6 cm³/mol. The summed E-state index contributed by atoms with van der Waals surface area (Å²) in [5.41, 5.74) is 0.595. The van der Waals surface area contributed by atoms with E-state index in [2.05, 4.69) is 31.3 Å². The van der Waals surface area contributed by atoms with Gasteiger partial charge >= 0.3 is 0 Å². The highest BCUT2D eigenvalue weighted by Gasteiger charge is 2.05. The topological polar surface area (TPSA) is 42.7 Å². The van der Waals surface area contributed by atoms with Gasteiger partial charge in [-0.05, 0) is 18.7 Å². The maximum absolute atomic E-state index is 13.6. The maximum atomic E-state index is 13.6. The summed E-state index contributed by atoms with van der Waals surface area (Å²) in [6.07, 6.45) is 1.62. The van der Waals surface area contributed by atoms with Crippen molar-refractivity contribution in [3.63, 3.8) is 0 Å². The summed E-state index contributed by atoms with van der Waals surface area (Å²) < 4.78 is 16.0. The quantitative estimate of drug-likeness (QED) is 0.921. The monoisotopic (exact) mass is 312 g/mol. The molecule has 0 amide bonds. The summed E-state index contributed by atoms with van der Waals surface area (Å²) in [6.45, 7) is 3.91. The second-order valence-corrected chi connectivity index (χ2v) is 4.79. The van der Waals surface area contributed by atoms with Gasteiger partial charge in [0.15, 0.2) is 5.82 Å². The van der Waals surface area contributed by atoms with Gasteiger partial charge in [-0.1, -0.05) is 28.9 Å². The van der Waals surface area contributed by atoms with Gasteiger partial charge in [-0.25, -0.2) is 14.1 Å². The summed E-state index contributed by atoms with van der Waals surface area (Å²) in [7, 11) is 0. The van der Waals surface area contributed by atoms with Gasteiger partial charge in [0.05, 0.1) is 13.1 Å². The molecule has 6 heteroatoms. The molecule has 0 unspecified atom stereocenters. The van der Waals surface area contributed by atoms with Crippen LogP contribution in [0.15, 0.2) is 29.0 Å². The first-order valence-corrected chi connectivity index (χ1v) is 6.51. The highest BCUT2D eigenvalue weighted by Crippen LogP contribution is 2.15. The van der Waals surface area contributed by atoms with Crippen molar-refractivity contribution in [3.8, 4) is 0 Å². The van der Waals surface area contributed by atoms with Gasteiger partial charge < -0.3 is 5.32 Å². The van der Waals surface area contributed by atoms with Crippen molar-refractivity contribution in [3.05, 3.63) is 46.2 Å². The summed E-state index contributed by atoms with van der Waals surface area (Å²) in [6, 6.07) is 5.01. The molecule has 1 heterocycles. The number of hydrogen-bond acceptors (Lipinski definition) is 3. The number of aromatic nitrogens is 3. The van der Waals surface area contributed by atoms with Crippen molar-refractivity contribution in [2.24, 2.45) is 0 Å². The van der Waals surface area contributed by atoms with E-state index in [0.717, 1.165) is 16.8 Å². The Balaban J connectivity index is 2.06. The minimum absolute atomic E-state index is 0.242. The van der Waals surface area contributed by atoms with Crippen LogP contribution in [0.5, 0.6) is 0 Å². The lowest BCUT2D eigenvalue weighted by molar-refractivity contribution is 0.579. The zero-order valence-corrected chi connectivity index (χ0v) is 11.6. The molecule has 96 valence electrons. The molecular weight excluding hydrogens is 299 g/mol. The van der Waals surface area contributed by atoms with Crippen molar-refractivity contribution in [1.82, 2.24) is 20.1 Å². The average molecular weight is 313 g/mol. The minimum Gasteiger partial charge on any atom is -0.310 e. The molecule has 0 atom stereocenters. The molecule has 0 fully saturated rings. The molecule has 4 nitrogen and oxygen atoms in total. The van der Waals surface area contributed by atoms with Crippen LogP contribution in [0.1, 0.15) is 18.3 Å². The summed E-state index contributed by atoms with van der Waals surface area (Å²) in [5, 5.41) is 7.41. The molecule has 1 N–H and O–H groups in total. The van der Waals surface area contributed by atoms with Crippen molar-refractivity contribution >= 4 is 15.9 Å². The van der Waals surface area contributed by atoms with Crippen molar-refractivity contribution in [2.45, 2.75) is 20.0 Å². The largest absolute Gasteiger partial charge is 0.310 e. The molecule has 0 radical (unpaired) electrons. The second kappa shape index (κ2) is 6.06. The summed E-state index contributed by atoms with van der Waals surface area (Å²) >= 11 is 3.23. The number of halogens is 2. The first-order valence-electron chi connectivity index (χ1n) is 5.72. The first-order chi connectivity index (χ1) is 8.69. The van der Waals surface area contributed by atoms with Crippen LogP contribution in [0.2, 0.25) is 0 Å². The Morgan fingerprint density at radius 3 is 3.00 bits per heavy atom. The lowest BCUT2D eigenvalue weighted by Crippen LogP contribution is -2.13. The molecule has 0 saturated carbocycles. The number of rotatable bonds is 5. The molecular formula is C12H14BrFN4. The van der Waals surface area contributed by atoms with Crippen LogP contribution in [-0.2, 0) is 13.1 Å². The van der Waals surface area contributed by atoms with Crippen LogP contribution in [-0.4, -0.2) is 21.3 Å². The van der Waals surface area contributed by atoms with Gasteiger partial charge in [0.1, 0.15) is 12.1 Å². The SMILES string of the molecule is CCNCc1ncn(Cc2ccc(Br)cc2F)n1. The van der Waals surface area contributed by atoms with Crippen LogP contribution < -0.4 is 5.32 Å². The first kappa shape index (κ1) is 13.2. The number of nitrogens with one attached hydrogen (secondary N) is 1. The van der Waals surface area contributed by atoms with Gasteiger partial charge in [0.25, 0.3) is 0 Å². The van der Waals surface area contributed by atoms with Crippen LogP contribution in [0.3, 0.4) is 0 Å². The smallest absolute Gasteiger partial charge is 0.164 e. The predicted octanol–water partition coefficient (Wildman–Crippen LogP) is 2.34. The van der Waals surface area contributed by atoms with E-state index < -0.39 is 0 Å². The Morgan fingerprint density at radius 2 is 2.28 bits per heavy atom. The Hall–Kier alpha value is -1.27. The molecule has 1 aromatic carbocycles. The Morgan fingerprint density at radius 1 is 1.44 bits per heavy atom. The van der Waals surface area contributed by atoms with Crippen LogP contribution >= 0.6 is 15.9 Å². The van der Waals surface area contributed by atoms with Crippen molar-refractivity contribution in [1.29, 1.82) is 0 Å². The Bertz CT molecular complexity index is 527. The van der Waals surface area contributed by atoms with Crippen LogP contribution in [0, 0.1) is 5.82 Å². The summed E-state index contributed by atoms with van der Waals surface area (Å²) in [4.78, 5) is 4.15. The molecule has 0 spiro atoms. The molecule has 18 heavy (non-hydrogen) atoms. The summed E-state index contributed by atoms with van der Waals surface area (Å²) in [5.74, 6) is 0.475. The lowest BCUT2D eigenvalue weighted by Gasteiger charge is -2.03. The van der Waals surface area contributed by atoms with Gasteiger partial charge in [0, 0.05) is 10.0 Å². The molecule has 0 saturated heterocycles. The molecule has 2 rings (SSSR count). The van der Waals surface area contributed by atoms with E-state index in [1.54, 1.807) is 17.1 Å². The highest BCUT2D eigenvalue weighted by atomic mass is 79.9. The van der Waals surface area contributed by atoms with Crippen LogP contribution in [0.25, 0.3) is 0 Å². The lowest BCUT2D eigenvalue weighted by atomic mass is 10.2. The van der Waals surface area contributed by atoms with E-state index in [9.17, 15) is 4.39 Å². The number of nitrogens with zero attached hydrogens (tertiary/aromatic N) is 3. The van der Waals surface area contributed by atoms with Crippen molar-refractivity contribution < 1.29 is 4.39 Å². The standard InChI is InChI=1S/C12H14BrFN4/c1-2-15-6-12-16-8-18(17-12)7-9-3-4-10(13)5-11(9)14/h3-5,8,15H,2,6-7H2,1H3. The third-order valence-electron chi connectivity index (χ3n) is 2.46. The molecule has 0 aliphatic rings. The van der Waals surface area contributed by atoms with E-state index in [0.29, 0.717) is 18.7 Å². The fraction of sp³-hybridized carbons (Fsp3) is 0.333. The van der Waals surface area contributed by atoms with Crippen molar-refractivity contribution in [2.75, 3.05) is 6.54 Å². The maximum Gasteiger partial charge on any atom is 0.164 e. The molecule has 1 aromatic heterocycles. The minimum atomic E-state index is -0.242. The van der Waals surface area contributed by atoms with E-state index in [-0.39, 0.29) is 5.82 Å². The Kier molecular flexibility index (Phi) is 4.43. The molecule has 0 aliphatic carbocycles. The normalized spacial score (nSPS) is 10.8. The average Bonchev–Trinajstić information content (AvgIpc) is 2.78. The third kappa shape index (κ3) is 3.36.